The van der Waals surface area contributed by atoms with Gasteiger partial charge >= 0.3 is 0 Å². The lowest BCUT2D eigenvalue weighted by Gasteiger charge is -2.37. The predicted molar refractivity (Wildman–Crippen MR) is 143 cm³/mol. The van der Waals surface area contributed by atoms with Gasteiger partial charge in [0.1, 0.15) is 12.4 Å². The van der Waals surface area contributed by atoms with E-state index in [1.165, 1.54) is 0 Å². The lowest BCUT2D eigenvalue weighted by Crippen LogP contribution is -2.44. The monoisotopic (exact) mass is 475 g/mol. The zero-order chi connectivity index (χ0) is 24.8. The summed E-state index contributed by atoms with van der Waals surface area (Å²) < 4.78 is 13.1. The summed E-state index contributed by atoms with van der Waals surface area (Å²) in [6.45, 7) is 13.8. The van der Waals surface area contributed by atoms with Crippen LogP contribution in [0.5, 0.6) is 11.5 Å². The van der Waals surface area contributed by atoms with E-state index in [-0.39, 0.29) is 10.9 Å². The summed E-state index contributed by atoms with van der Waals surface area (Å²) in [6.07, 6.45) is 0.705. The molecule has 3 rings (SSSR count). The van der Waals surface area contributed by atoms with Crippen LogP contribution in [0.15, 0.2) is 72.8 Å². The Kier molecular flexibility index (Phi) is 8.21. The van der Waals surface area contributed by atoms with Gasteiger partial charge in [0.2, 0.25) is 5.91 Å². The number of carbonyl (C=O) groups is 1. The number of ether oxygens (including phenoxy) is 1. The van der Waals surface area contributed by atoms with Crippen molar-refractivity contribution in [3.8, 4) is 22.6 Å². The van der Waals surface area contributed by atoms with Gasteiger partial charge in [-0.3, -0.25) is 4.79 Å². The van der Waals surface area contributed by atoms with Gasteiger partial charge in [-0.25, -0.2) is 0 Å². The van der Waals surface area contributed by atoms with Gasteiger partial charge in [0.25, 0.3) is 8.32 Å². The first kappa shape index (κ1) is 25.6. The van der Waals surface area contributed by atoms with Crippen LogP contribution >= 0.6 is 0 Å². The van der Waals surface area contributed by atoms with Crippen LogP contribution in [0.3, 0.4) is 0 Å². The fourth-order valence-electron chi connectivity index (χ4n) is 3.42. The van der Waals surface area contributed by atoms with E-state index in [4.69, 9.17) is 9.16 Å². The van der Waals surface area contributed by atoms with E-state index in [2.05, 4.69) is 75.6 Å². The molecule has 0 bridgehead atoms. The van der Waals surface area contributed by atoms with E-state index in [0.717, 1.165) is 33.8 Å². The third-order valence-corrected chi connectivity index (χ3v) is 10.8. The molecule has 0 aliphatic heterocycles. The smallest absolute Gasteiger partial charge is 0.250 e. The van der Waals surface area contributed by atoms with Crippen LogP contribution < -0.4 is 14.5 Å². The summed E-state index contributed by atoms with van der Waals surface area (Å²) in [5.74, 6) is 1.50. The number of nitrogens with one attached hydrogen (secondary N) is 1. The summed E-state index contributed by atoms with van der Waals surface area (Å²) in [7, 11) is -2.10. The number of hydrogen-bond donors (Lipinski definition) is 1. The van der Waals surface area contributed by atoms with E-state index in [1.54, 1.807) is 6.92 Å². The van der Waals surface area contributed by atoms with E-state index >= 15 is 0 Å². The van der Waals surface area contributed by atoms with Crippen molar-refractivity contribution >= 4 is 14.2 Å². The van der Waals surface area contributed by atoms with Crippen molar-refractivity contribution in [1.29, 1.82) is 0 Å². The maximum absolute atomic E-state index is 11.5. The minimum atomic E-state index is -2.10. The molecule has 0 aliphatic carbocycles. The van der Waals surface area contributed by atoms with Crippen LogP contribution in [0.2, 0.25) is 18.1 Å². The molecule has 0 aliphatic rings. The van der Waals surface area contributed by atoms with Crippen LogP contribution in [0.4, 0.5) is 0 Å². The van der Waals surface area contributed by atoms with Gasteiger partial charge in [0.05, 0.1) is 0 Å². The molecular weight excluding hydrogens is 438 g/mol. The van der Waals surface area contributed by atoms with Crippen molar-refractivity contribution in [3.63, 3.8) is 0 Å². The van der Waals surface area contributed by atoms with Crippen molar-refractivity contribution in [2.24, 2.45) is 0 Å². The largest absolute Gasteiger partial charge is 0.541 e. The molecule has 0 aromatic heterocycles. The number of amides is 1. The van der Waals surface area contributed by atoms with Crippen molar-refractivity contribution in [1.82, 2.24) is 5.32 Å². The van der Waals surface area contributed by atoms with Crippen molar-refractivity contribution in [3.05, 3.63) is 83.9 Å². The summed E-state index contributed by atoms with van der Waals surface area (Å²) in [5.41, 5.74) is 4.44. The van der Waals surface area contributed by atoms with Gasteiger partial charge in [-0.05, 0) is 58.9 Å². The SMILES string of the molecule is CC(=O)NCCc1cc(O[Si](C)(C)C(C)(C)C)c(OCc2ccccc2)cc1-c1ccccc1. The molecule has 0 unspecified atom stereocenters. The molecule has 0 heterocycles. The lowest BCUT2D eigenvalue weighted by atomic mass is 9.96. The Morgan fingerprint density at radius 2 is 1.53 bits per heavy atom. The molecular formula is C29H37NO3Si. The highest BCUT2D eigenvalue weighted by atomic mass is 28.4. The van der Waals surface area contributed by atoms with Crippen molar-refractivity contribution in [2.75, 3.05) is 6.54 Å². The molecule has 1 amide bonds. The third-order valence-electron chi connectivity index (χ3n) is 6.43. The number of benzene rings is 3. The highest BCUT2D eigenvalue weighted by molar-refractivity contribution is 6.74. The average Bonchev–Trinajstić information content (AvgIpc) is 2.78. The van der Waals surface area contributed by atoms with E-state index < -0.39 is 8.32 Å². The van der Waals surface area contributed by atoms with Gasteiger partial charge in [-0.2, -0.15) is 0 Å². The maximum atomic E-state index is 11.5. The summed E-state index contributed by atoms with van der Waals surface area (Å²) in [5, 5.41) is 2.98. The summed E-state index contributed by atoms with van der Waals surface area (Å²) >= 11 is 0. The summed E-state index contributed by atoms with van der Waals surface area (Å²) in [4.78, 5) is 11.5. The molecule has 3 aromatic carbocycles. The fourth-order valence-corrected chi connectivity index (χ4v) is 4.44. The standard InChI is InChI=1S/C29H37NO3Si/c1-22(31)30-18-17-25-19-28(33-34(5,6)29(2,3)4)27(32-21-23-13-9-7-10-14-23)20-26(25)24-15-11-8-12-16-24/h7-16,19-20H,17-18,21H2,1-6H3,(H,30,31). The zero-order valence-electron chi connectivity index (χ0n) is 21.3. The van der Waals surface area contributed by atoms with Crippen molar-refractivity contribution in [2.45, 2.75) is 58.9 Å². The minimum absolute atomic E-state index is 0.0261. The Labute approximate surface area is 205 Å². The molecule has 180 valence electrons. The molecule has 4 nitrogen and oxygen atoms in total. The van der Waals surface area contributed by atoms with Gasteiger partial charge in [-0.15, -0.1) is 0 Å². The van der Waals surface area contributed by atoms with Crippen LogP contribution in [0.1, 0.15) is 38.8 Å². The molecule has 0 spiro atoms. The number of carbonyl (C=O) groups excluding carboxylic acids is 1. The first-order chi connectivity index (χ1) is 16.1. The molecule has 0 radical (unpaired) electrons. The average molecular weight is 476 g/mol. The first-order valence-electron chi connectivity index (χ1n) is 11.9. The minimum Gasteiger partial charge on any atom is -0.541 e. The first-order valence-corrected chi connectivity index (χ1v) is 14.8. The lowest BCUT2D eigenvalue weighted by molar-refractivity contribution is -0.118. The second kappa shape index (κ2) is 10.9. The molecule has 0 saturated heterocycles. The topological polar surface area (TPSA) is 47.6 Å². The molecule has 3 aromatic rings. The molecule has 0 saturated carbocycles. The highest BCUT2D eigenvalue weighted by Gasteiger charge is 2.39. The number of rotatable bonds is 9. The van der Waals surface area contributed by atoms with Crippen LogP contribution in [-0.4, -0.2) is 20.8 Å². The second-order valence-electron chi connectivity index (χ2n) is 10.2. The Morgan fingerprint density at radius 1 is 0.912 bits per heavy atom. The van der Waals surface area contributed by atoms with E-state index in [9.17, 15) is 4.79 Å². The normalized spacial score (nSPS) is 11.7. The van der Waals surface area contributed by atoms with Gasteiger partial charge in [0.15, 0.2) is 5.75 Å². The number of hydrogen-bond acceptors (Lipinski definition) is 3. The quantitative estimate of drug-likeness (QED) is 0.339. The van der Waals surface area contributed by atoms with Crippen LogP contribution in [0.25, 0.3) is 11.1 Å². The Bertz CT molecular complexity index is 1090. The second-order valence-corrected chi connectivity index (χ2v) is 14.9. The fraction of sp³-hybridized carbons (Fsp3) is 0.345. The Morgan fingerprint density at radius 3 is 2.12 bits per heavy atom. The Balaban J connectivity index is 2.06. The molecule has 0 atom stereocenters. The predicted octanol–water partition coefficient (Wildman–Crippen LogP) is 7.00. The molecule has 1 N–H and O–H groups in total. The Hall–Kier alpha value is -3.05. The van der Waals surface area contributed by atoms with Gasteiger partial charge in [0, 0.05) is 13.5 Å². The maximum Gasteiger partial charge on any atom is 0.250 e. The van der Waals surface area contributed by atoms with Crippen LogP contribution in [-0.2, 0) is 17.8 Å². The molecule has 34 heavy (non-hydrogen) atoms. The summed E-state index contributed by atoms with van der Waals surface area (Å²) in [6, 6.07) is 24.7. The molecule has 0 fully saturated rings. The third kappa shape index (κ3) is 6.73. The highest BCUT2D eigenvalue weighted by Crippen LogP contribution is 2.43. The zero-order valence-corrected chi connectivity index (χ0v) is 22.3. The molecule has 5 heteroatoms. The van der Waals surface area contributed by atoms with Gasteiger partial charge in [-0.1, -0.05) is 81.4 Å². The van der Waals surface area contributed by atoms with E-state index in [0.29, 0.717) is 19.6 Å². The van der Waals surface area contributed by atoms with Crippen LogP contribution in [0, 0.1) is 0 Å². The van der Waals surface area contributed by atoms with Gasteiger partial charge < -0.3 is 14.5 Å². The van der Waals surface area contributed by atoms with Crippen molar-refractivity contribution < 1.29 is 14.0 Å². The van der Waals surface area contributed by atoms with E-state index in [1.807, 2.05) is 36.4 Å².